The van der Waals surface area contributed by atoms with E-state index in [-0.39, 0.29) is 11.0 Å². The second kappa shape index (κ2) is 3.68. The minimum atomic E-state index is -0.982. The molecule has 12 heavy (non-hydrogen) atoms. The summed E-state index contributed by atoms with van der Waals surface area (Å²) >= 11 is 8.53. The lowest BCUT2D eigenvalue weighted by molar-refractivity contribution is 0.209. The SMILES string of the molecule is NC(=O)Oc1nc(Br)cnc1Cl. The number of carbonyl (C=O) groups is 1. The Labute approximate surface area is 81.0 Å². The summed E-state index contributed by atoms with van der Waals surface area (Å²) in [7, 11) is 0. The molecule has 0 aliphatic carbocycles. The number of amides is 1. The van der Waals surface area contributed by atoms with Crippen LogP contribution >= 0.6 is 27.5 Å². The Hall–Kier alpha value is -0.880. The van der Waals surface area contributed by atoms with Gasteiger partial charge in [0.1, 0.15) is 4.60 Å². The molecular formula is C5H3BrClN3O2. The average Bonchev–Trinajstić information content (AvgIpc) is 1.96. The number of rotatable bonds is 1. The van der Waals surface area contributed by atoms with E-state index < -0.39 is 6.09 Å². The molecule has 0 fully saturated rings. The number of carbonyl (C=O) groups excluding carboxylic acids is 1. The van der Waals surface area contributed by atoms with Gasteiger partial charge in [0.15, 0.2) is 5.15 Å². The number of halogens is 2. The van der Waals surface area contributed by atoms with Gasteiger partial charge >= 0.3 is 6.09 Å². The molecule has 1 aromatic rings. The lowest BCUT2D eigenvalue weighted by Gasteiger charge is -2.00. The highest BCUT2D eigenvalue weighted by atomic mass is 79.9. The minimum absolute atomic E-state index is 0.0167. The first-order valence-corrected chi connectivity index (χ1v) is 3.92. The first kappa shape index (κ1) is 9.21. The van der Waals surface area contributed by atoms with Crippen LogP contribution in [0.2, 0.25) is 5.15 Å². The van der Waals surface area contributed by atoms with Crippen LogP contribution in [0.5, 0.6) is 5.88 Å². The summed E-state index contributed by atoms with van der Waals surface area (Å²) in [5.41, 5.74) is 4.74. The highest BCUT2D eigenvalue weighted by Crippen LogP contribution is 2.20. The zero-order valence-electron chi connectivity index (χ0n) is 5.62. The number of primary amides is 1. The van der Waals surface area contributed by atoms with Crippen molar-refractivity contribution < 1.29 is 9.53 Å². The van der Waals surface area contributed by atoms with Crippen molar-refractivity contribution in [3.05, 3.63) is 16.0 Å². The smallest absolute Gasteiger partial charge is 0.388 e. The van der Waals surface area contributed by atoms with Crippen molar-refractivity contribution in [3.8, 4) is 5.88 Å². The van der Waals surface area contributed by atoms with E-state index in [0.29, 0.717) is 4.60 Å². The van der Waals surface area contributed by atoms with Crippen molar-refractivity contribution in [1.82, 2.24) is 9.97 Å². The molecule has 2 N–H and O–H groups in total. The highest BCUT2D eigenvalue weighted by Gasteiger charge is 2.07. The van der Waals surface area contributed by atoms with Gasteiger partial charge in [0, 0.05) is 0 Å². The second-order valence-electron chi connectivity index (χ2n) is 1.71. The largest absolute Gasteiger partial charge is 0.411 e. The molecule has 1 rings (SSSR count). The molecule has 1 aromatic heterocycles. The number of hydrogen-bond donors (Lipinski definition) is 1. The topological polar surface area (TPSA) is 78.1 Å². The van der Waals surface area contributed by atoms with Crippen molar-refractivity contribution >= 4 is 33.6 Å². The molecule has 0 saturated carbocycles. The highest BCUT2D eigenvalue weighted by molar-refractivity contribution is 9.10. The van der Waals surface area contributed by atoms with Crippen LogP contribution in [-0.2, 0) is 0 Å². The predicted molar refractivity (Wildman–Crippen MR) is 45.0 cm³/mol. The summed E-state index contributed by atoms with van der Waals surface area (Å²) in [6.45, 7) is 0. The van der Waals surface area contributed by atoms with Gasteiger partial charge in [0.2, 0.25) is 0 Å². The Balaban J connectivity index is 2.97. The van der Waals surface area contributed by atoms with E-state index in [1.165, 1.54) is 6.20 Å². The fourth-order valence-corrected chi connectivity index (χ4v) is 0.890. The summed E-state index contributed by atoms with van der Waals surface area (Å²) in [5.74, 6) is -0.112. The second-order valence-corrected chi connectivity index (χ2v) is 2.88. The Morgan fingerprint density at radius 1 is 1.75 bits per heavy atom. The lowest BCUT2D eigenvalue weighted by atomic mass is 10.7. The van der Waals surface area contributed by atoms with Gasteiger partial charge in [-0.05, 0) is 15.9 Å². The molecule has 0 bridgehead atoms. The maximum atomic E-state index is 10.3. The summed E-state index contributed by atoms with van der Waals surface area (Å²) in [6, 6.07) is 0. The first-order chi connectivity index (χ1) is 5.59. The number of nitrogens with two attached hydrogens (primary N) is 1. The molecule has 0 unspecified atom stereocenters. The van der Waals surface area contributed by atoms with Gasteiger partial charge in [-0.25, -0.2) is 14.8 Å². The van der Waals surface area contributed by atoms with Crippen LogP contribution in [0.3, 0.4) is 0 Å². The van der Waals surface area contributed by atoms with Gasteiger partial charge in [-0.3, -0.25) is 0 Å². The zero-order chi connectivity index (χ0) is 9.14. The van der Waals surface area contributed by atoms with Crippen molar-refractivity contribution in [2.24, 2.45) is 5.73 Å². The zero-order valence-corrected chi connectivity index (χ0v) is 7.96. The lowest BCUT2D eigenvalue weighted by Crippen LogP contribution is -2.17. The fourth-order valence-electron chi connectivity index (χ4n) is 0.497. The van der Waals surface area contributed by atoms with E-state index >= 15 is 0 Å². The maximum Gasteiger partial charge on any atom is 0.411 e. The van der Waals surface area contributed by atoms with E-state index in [2.05, 4.69) is 30.6 Å². The summed E-state index contributed by atoms with van der Waals surface area (Å²) in [5, 5.41) is -0.0167. The summed E-state index contributed by atoms with van der Waals surface area (Å²) < 4.78 is 4.83. The van der Waals surface area contributed by atoms with Crippen LogP contribution in [0.25, 0.3) is 0 Å². The Bertz CT molecular complexity index is 320. The van der Waals surface area contributed by atoms with E-state index in [9.17, 15) is 4.79 Å². The third kappa shape index (κ3) is 2.31. The van der Waals surface area contributed by atoms with Crippen molar-refractivity contribution in [2.45, 2.75) is 0 Å². The molecule has 0 spiro atoms. The molecule has 0 aliphatic heterocycles. The Kier molecular flexibility index (Phi) is 2.83. The molecule has 0 aliphatic rings. The van der Waals surface area contributed by atoms with Crippen LogP contribution in [0.15, 0.2) is 10.8 Å². The number of hydrogen-bond acceptors (Lipinski definition) is 4. The number of ether oxygens (including phenoxy) is 1. The summed E-state index contributed by atoms with van der Waals surface area (Å²) in [6.07, 6.45) is 0.389. The molecule has 0 aromatic carbocycles. The predicted octanol–water partition coefficient (Wildman–Crippen LogP) is 1.35. The Morgan fingerprint density at radius 2 is 2.42 bits per heavy atom. The van der Waals surface area contributed by atoms with E-state index in [0.717, 1.165) is 0 Å². The van der Waals surface area contributed by atoms with Gasteiger partial charge in [0.25, 0.3) is 5.88 Å². The normalized spacial score (nSPS) is 9.50. The molecule has 0 atom stereocenters. The van der Waals surface area contributed by atoms with Crippen molar-refractivity contribution in [1.29, 1.82) is 0 Å². The molecular weight excluding hydrogens is 249 g/mol. The van der Waals surface area contributed by atoms with Gasteiger partial charge in [-0.15, -0.1) is 0 Å². The molecule has 1 amide bonds. The minimum Gasteiger partial charge on any atom is -0.388 e. The number of nitrogens with zero attached hydrogens (tertiary/aromatic N) is 2. The first-order valence-electron chi connectivity index (χ1n) is 2.75. The van der Waals surface area contributed by atoms with Crippen LogP contribution in [0.4, 0.5) is 4.79 Å². The van der Waals surface area contributed by atoms with Gasteiger partial charge < -0.3 is 10.5 Å². The number of aromatic nitrogens is 2. The maximum absolute atomic E-state index is 10.3. The quantitative estimate of drug-likeness (QED) is 0.818. The molecule has 5 nitrogen and oxygen atoms in total. The van der Waals surface area contributed by atoms with Gasteiger partial charge in [-0.1, -0.05) is 11.6 Å². The molecule has 64 valence electrons. The van der Waals surface area contributed by atoms with Crippen LogP contribution in [-0.4, -0.2) is 16.1 Å². The fraction of sp³-hybridized carbons (Fsp3) is 0. The van der Waals surface area contributed by atoms with Crippen LogP contribution in [0, 0.1) is 0 Å². The van der Waals surface area contributed by atoms with Gasteiger partial charge in [0.05, 0.1) is 6.20 Å². The average molecular weight is 252 g/mol. The molecule has 0 saturated heterocycles. The van der Waals surface area contributed by atoms with Gasteiger partial charge in [-0.2, -0.15) is 0 Å². The standard InChI is InChI=1S/C5H3BrClN3O2/c6-2-1-9-3(7)4(10-2)12-5(8)11/h1H,(H2,8,11). The monoisotopic (exact) mass is 251 g/mol. The van der Waals surface area contributed by atoms with E-state index in [4.69, 9.17) is 17.3 Å². The summed E-state index contributed by atoms with van der Waals surface area (Å²) in [4.78, 5) is 17.7. The Morgan fingerprint density at radius 3 is 3.00 bits per heavy atom. The third-order valence-electron chi connectivity index (χ3n) is 0.867. The van der Waals surface area contributed by atoms with Crippen LogP contribution < -0.4 is 10.5 Å². The molecule has 7 heteroatoms. The van der Waals surface area contributed by atoms with E-state index in [1.54, 1.807) is 0 Å². The van der Waals surface area contributed by atoms with Crippen LogP contribution in [0.1, 0.15) is 0 Å². The van der Waals surface area contributed by atoms with Crippen molar-refractivity contribution in [3.63, 3.8) is 0 Å². The molecule has 1 heterocycles. The van der Waals surface area contributed by atoms with E-state index in [1.807, 2.05) is 0 Å². The van der Waals surface area contributed by atoms with Crippen molar-refractivity contribution in [2.75, 3.05) is 0 Å². The molecule has 0 radical (unpaired) electrons. The third-order valence-corrected chi connectivity index (χ3v) is 1.51.